The number of nitrogens with one attached hydrogen (secondary N) is 1. The molecule has 0 aromatic rings. The Kier molecular flexibility index (Phi) is 6.21. The summed E-state index contributed by atoms with van der Waals surface area (Å²) in [6.07, 6.45) is 6.02. The predicted molar refractivity (Wildman–Crippen MR) is 70.5 cm³/mol. The van der Waals surface area contributed by atoms with Crippen molar-refractivity contribution in [2.75, 3.05) is 18.6 Å². The zero-order valence-electron chi connectivity index (χ0n) is 10.4. The highest BCUT2D eigenvalue weighted by molar-refractivity contribution is 7.98. The van der Waals surface area contributed by atoms with E-state index in [4.69, 9.17) is 5.73 Å². The molecule has 1 fully saturated rings. The van der Waals surface area contributed by atoms with Crippen LogP contribution in [0, 0.1) is 11.8 Å². The number of amides is 1. The van der Waals surface area contributed by atoms with E-state index in [9.17, 15) is 4.79 Å². The molecule has 16 heavy (non-hydrogen) atoms. The van der Waals surface area contributed by atoms with Gasteiger partial charge in [-0.15, -0.1) is 0 Å². The van der Waals surface area contributed by atoms with Gasteiger partial charge in [-0.3, -0.25) is 4.79 Å². The molecule has 3 N–H and O–H groups in total. The van der Waals surface area contributed by atoms with Gasteiger partial charge >= 0.3 is 0 Å². The summed E-state index contributed by atoms with van der Waals surface area (Å²) in [5, 5.41) is 3.06. The van der Waals surface area contributed by atoms with Gasteiger partial charge < -0.3 is 11.1 Å². The van der Waals surface area contributed by atoms with Gasteiger partial charge in [-0.25, -0.2) is 0 Å². The Morgan fingerprint density at radius 2 is 2.06 bits per heavy atom. The molecule has 0 aromatic carbocycles. The summed E-state index contributed by atoms with van der Waals surface area (Å²) in [6, 6.07) is 0.319. The fourth-order valence-electron chi connectivity index (χ4n) is 2.14. The monoisotopic (exact) mass is 244 g/mol. The fourth-order valence-corrected chi connectivity index (χ4v) is 2.83. The number of hydrogen-bond acceptors (Lipinski definition) is 3. The van der Waals surface area contributed by atoms with Crippen molar-refractivity contribution in [1.82, 2.24) is 5.32 Å². The first-order valence-corrected chi connectivity index (χ1v) is 7.55. The molecule has 1 aliphatic carbocycles. The van der Waals surface area contributed by atoms with Crippen molar-refractivity contribution >= 4 is 17.7 Å². The maximum atomic E-state index is 11.9. The largest absolute Gasteiger partial charge is 0.356 e. The molecule has 94 valence electrons. The second-order valence-corrected chi connectivity index (χ2v) is 5.83. The van der Waals surface area contributed by atoms with Crippen molar-refractivity contribution in [2.24, 2.45) is 17.6 Å². The van der Waals surface area contributed by atoms with Crippen LogP contribution in [0.4, 0.5) is 0 Å². The van der Waals surface area contributed by atoms with Crippen molar-refractivity contribution < 1.29 is 4.79 Å². The highest BCUT2D eigenvalue weighted by Crippen LogP contribution is 2.23. The van der Waals surface area contributed by atoms with Gasteiger partial charge in [-0.2, -0.15) is 11.8 Å². The second-order valence-electron chi connectivity index (χ2n) is 4.92. The lowest BCUT2D eigenvalue weighted by Gasteiger charge is -2.25. The lowest BCUT2D eigenvalue weighted by Crippen LogP contribution is -2.38. The topological polar surface area (TPSA) is 55.1 Å². The van der Waals surface area contributed by atoms with Gasteiger partial charge in [0.25, 0.3) is 0 Å². The van der Waals surface area contributed by atoms with E-state index in [1.807, 2.05) is 11.8 Å². The van der Waals surface area contributed by atoms with Crippen LogP contribution in [0.15, 0.2) is 0 Å². The molecule has 0 aromatic heterocycles. The Morgan fingerprint density at radius 3 is 2.62 bits per heavy atom. The summed E-state index contributed by atoms with van der Waals surface area (Å²) < 4.78 is 0. The van der Waals surface area contributed by atoms with E-state index in [0.29, 0.717) is 12.0 Å². The first kappa shape index (κ1) is 13.8. The van der Waals surface area contributed by atoms with Crippen LogP contribution in [0.3, 0.4) is 0 Å². The van der Waals surface area contributed by atoms with Crippen LogP contribution in [0.2, 0.25) is 0 Å². The summed E-state index contributed by atoms with van der Waals surface area (Å²) in [5.74, 6) is 2.11. The number of carbonyl (C=O) groups excluding carboxylic acids is 1. The Hall–Kier alpha value is -0.220. The normalized spacial score (nSPS) is 27.4. The van der Waals surface area contributed by atoms with Crippen molar-refractivity contribution in [3.05, 3.63) is 0 Å². The first-order chi connectivity index (χ1) is 7.63. The molecule has 0 radical (unpaired) electrons. The van der Waals surface area contributed by atoms with Crippen molar-refractivity contribution in [2.45, 2.75) is 38.6 Å². The molecule has 4 heteroatoms. The molecule has 3 nitrogen and oxygen atoms in total. The molecule has 1 amide bonds. The summed E-state index contributed by atoms with van der Waals surface area (Å²) in [7, 11) is 0. The zero-order valence-corrected chi connectivity index (χ0v) is 11.2. The highest BCUT2D eigenvalue weighted by atomic mass is 32.2. The van der Waals surface area contributed by atoms with Crippen LogP contribution in [0.5, 0.6) is 0 Å². The van der Waals surface area contributed by atoms with E-state index < -0.39 is 0 Å². The van der Waals surface area contributed by atoms with E-state index in [-0.39, 0.29) is 11.8 Å². The third-order valence-corrected chi connectivity index (χ3v) is 4.12. The summed E-state index contributed by atoms with van der Waals surface area (Å²) in [4.78, 5) is 11.9. The maximum Gasteiger partial charge on any atom is 0.223 e. The molecule has 0 bridgehead atoms. The Balaban J connectivity index is 2.19. The third-order valence-electron chi connectivity index (χ3n) is 3.22. The highest BCUT2D eigenvalue weighted by Gasteiger charge is 2.24. The summed E-state index contributed by atoms with van der Waals surface area (Å²) in [6.45, 7) is 2.98. The fraction of sp³-hybridized carbons (Fsp3) is 0.917. The molecule has 1 saturated carbocycles. The van der Waals surface area contributed by atoms with E-state index in [1.165, 1.54) is 0 Å². The van der Waals surface area contributed by atoms with Gasteiger partial charge in [0.15, 0.2) is 0 Å². The van der Waals surface area contributed by atoms with Gasteiger partial charge in [-0.1, -0.05) is 6.92 Å². The van der Waals surface area contributed by atoms with Gasteiger partial charge in [0.05, 0.1) is 0 Å². The molecule has 0 aliphatic heterocycles. The number of hydrogen-bond donors (Lipinski definition) is 2. The van der Waals surface area contributed by atoms with Crippen molar-refractivity contribution in [3.63, 3.8) is 0 Å². The Labute approximate surface area is 103 Å². The lowest BCUT2D eigenvalue weighted by atomic mass is 9.86. The molecule has 0 spiro atoms. The Bertz CT molecular complexity index is 215. The van der Waals surface area contributed by atoms with Gasteiger partial charge in [0.2, 0.25) is 5.91 Å². The van der Waals surface area contributed by atoms with Crippen molar-refractivity contribution in [3.8, 4) is 0 Å². The SMILES string of the molecule is CSCC(C)CNC(=O)C1CCC(N)CC1. The quantitative estimate of drug-likeness (QED) is 0.772. The second kappa shape index (κ2) is 7.17. The minimum absolute atomic E-state index is 0.210. The minimum atomic E-state index is 0.210. The number of thioether (sulfide) groups is 1. The number of rotatable bonds is 5. The average Bonchev–Trinajstić information content (AvgIpc) is 2.27. The smallest absolute Gasteiger partial charge is 0.223 e. The standard InChI is InChI=1S/C12H24N2OS/c1-9(8-16-2)7-14-12(15)10-3-5-11(13)6-4-10/h9-11H,3-8,13H2,1-2H3,(H,14,15). The lowest BCUT2D eigenvalue weighted by molar-refractivity contribution is -0.126. The van der Waals surface area contributed by atoms with Crippen LogP contribution in [-0.4, -0.2) is 30.5 Å². The Morgan fingerprint density at radius 1 is 1.44 bits per heavy atom. The molecule has 1 rings (SSSR count). The average molecular weight is 244 g/mol. The molecular formula is C12H24N2OS. The van der Waals surface area contributed by atoms with Crippen LogP contribution in [0.25, 0.3) is 0 Å². The first-order valence-electron chi connectivity index (χ1n) is 6.15. The maximum absolute atomic E-state index is 11.9. The molecule has 0 heterocycles. The zero-order chi connectivity index (χ0) is 12.0. The molecular weight excluding hydrogens is 220 g/mol. The van der Waals surface area contributed by atoms with Gasteiger partial charge in [0, 0.05) is 18.5 Å². The molecule has 1 atom stereocenters. The molecule has 0 saturated heterocycles. The summed E-state index contributed by atoms with van der Waals surface area (Å²) >= 11 is 1.83. The van der Waals surface area contributed by atoms with Crippen LogP contribution in [-0.2, 0) is 4.79 Å². The van der Waals surface area contributed by atoms with Crippen molar-refractivity contribution in [1.29, 1.82) is 0 Å². The van der Waals surface area contributed by atoms with Gasteiger partial charge in [0.1, 0.15) is 0 Å². The number of nitrogens with two attached hydrogens (primary N) is 1. The predicted octanol–water partition coefficient (Wildman–Crippen LogP) is 1.62. The molecule has 1 unspecified atom stereocenters. The van der Waals surface area contributed by atoms with E-state index >= 15 is 0 Å². The van der Waals surface area contributed by atoms with E-state index in [1.54, 1.807) is 0 Å². The van der Waals surface area contributed by atoms with E-state index in [0.717, 1.165) is 38.0 Å². The van der Waals surface area contributed by atoms with Crippen LogP contribution in [0.1, 0.15) is 32.6 Å². The third kappa shape index (κ3) is 4.74. The van der Waals surface area contributed by atoms with Crippen LogP contribution < -0.4 is 11.1 Å². The minimum Gasteiger partial charge on any atom is -0.356 e. The van der Waals surface area contributed by atoms with E-state index in [2.05, 4.69) is 18.5 Å². The van der Waals surface area contributed by atoms with Gasteiger partial charge in [-0.05, 0) is 43.6 Å². The summed E-state index contributed by atoms with van der Waals surface area (Å²) in [5.41, 5.74) is 5.82. The van der Waals surface area contributed by atoms with Crippen LogP contribution >= 0.6 is 11.8 Å². The number of carbonyl (C=O) groups is 1. The molecule has 1 aliphatic rings.